The number of ether oxygens (including phenoxy) is 1. The van der Waals surface area contributed by atoms with Gasteiger partial charge < -0.3 is 25.2 Å². The molecule has 0 spiro atoms. The van der Waals surface area contributed by atoms with Gasteiger partial charge >= 0.3 is 19.4 Å². The molecular weight excluding hydrogens is 529 g/mol. The Bertz CT molecular complexity index is 1250. The maximum atomic E-state index is 14.0. The number of hydrogen-bond donors (Lipinski definition) is 4. The summed E-state index contributed by atoms with van der Waals surface area (Å²) in [4.78, 5) is 43.3. The summed E-state index contributed by atoms with van der Waals surface area (Å²) < 4.78 is 44.4. The molecule has 0 heterocycles. The van der Waals surface area contributed by atoms with Gasteiger partial charge in [0.1, 0.15) is 12.6 Å². The predicted octanol–water partition coefficient (Wildman–Crippen LogP) is 4.89. The Morgan fingerprint density at radius 3 is 2.03 bits per heavy atom. The number of unbranched alkanes of at least 4 members (excludes halogenated alkanes) is 1. The standard InChI is InChI=1S/C28H31F2N2O6P/c29-28(30,39(35,36)37)24-16-14-22(15-17-24)19-25(32-27(34)38-20-23-12-5-2-6-13-23)26(33)31-18-8-7-11-21-9-3-1-4-10-21/h1-6,9-10,12-17,25H,7-8,11,18-20H2,(H,31,33)(H,32,34)(H2,35,36,37)/t25-/m0/s1. The van der Waals surface area contributed by atoms with Crippen molar-refractivity contribution >= 4 is 19.6 Å². The average Bonchev–Trinajstić information content (AvgIpc) is 2.92. The van der Waals surface area contributed by atoms with Crippen LogP contribution in [0.25, 0.3) is 0 Å². The second-order valence-corrected chi connectivity index (χ2v) is 10.6. The molecule has 0 bridgehead atoms. The molecule has 0 fully saturated rings. The van der Waals surface area contributed by atoms with E-state index in [4.69, 9.17) is 14.5 Å². The number of rotatable bonds is 13. The topological polar surface area (TPSA) is 125 Å². The van der Waals surface area contributed by atoms with Crippen molar-refractivity contribution in [1.82, 2.24) is 10.6 Å². The molecule has 3 rings (SSSR count). The van der Waals surface area contributed by atoms with Crippen LogP contribution in [0.2, 0.25) is 0 Å². The molecule has 208 valence electrons. The highest BCUT2D eigenvalue weighted by Gasteiger charge is 2.50. The van der Waals surface area contributed by atoms with E-state index in [2.05, 4.69) is 10.6 Å². The van der Waals surface area contributed by atoms with Crippen LogP contribution in [0.5, 0.6) is 0 Å². The SMILES string of the molecule is O=C(N[C@@H](Cc1ccc(C(F)(F)P(=O)(O)O)cc1)C(=O)NCCCCc1ccccc1)OCc1ccccc1. The van der Waals surface area contributed by atoms with Crippen molar-refractivity contribution in [3.8, 4) is 0 Å². The van der Waals surface area contributed by atoms with Gasteiger partial charge in [0.15, 0.2) is 0 Å². The molecule has 8 nitrogen and oxygen atoms in total. The Labute approximate surface area is 225 Å². The van der Waals surface area contributed by atoms with Gasteiger partial charge in [-0.05, 0) is 36.0 Å². The molecule has 0 aliphatic carbocycles. The third kappa shape index (κ3) is 9.28. The van der Waals surface area contributed by atoms with Gasteiger partial charge in [-0.1, -0.05) is 84.9 Å². The number of carbonyl (C=O) groups is 2. The Morgan fingerprint density at radius 1 is 0.846 bits per heavy atom. The number of nitrogens with one attached hydrogen (secondary N) is 2. The molecule has 0 radical (unpaired) electrons. The Balaban J connectivity index is 1.61. The molecule has 0 aromatic heterocycles. The van der Waals surface area contributed by atoms with E-state index in [1.54, 1.807) is 24.3 Å². The van der Waals surface area contributed by atoms with Crippen molar-refractivity contribution in [2.75, 3.05) is 6.54 Å². The molecule has 0 aliphatic rings. The predicted molar refractivity (Wildman–Crippen MR) is 142 cm³/mol. The van der Waals surface area contributed by atoms with Gasteiger partial charge in [-0.25, -0.2) is 4.79 Å². The summed E-state index contributed by atoms with van der Waals surface area (Å²) in [5.74, 6) is -0.476. The van der Waals surface area contributed by atoms with Crippen molar-refractivity contribution in [3.63, 3.8) is 0 Å². The number of hydrogen-bond acceptors (Lipinski definition) is 4. The van der Waals surface area contributed by atoms with E-state index in [-0.39, 0.29) is 13.0 Å². The van der Waals surface area contributed by atoms with Crippen LogP contribution >= 0.6 is 7.60 Å². The van der Waals surface area contributed by atoms with Crippen LogP contribution in [0.1, 0.15) is 35.1 Å². The second-order valence-electron chi connectivity index (χ2n) is 8.98. The highest BCUT2D eigenvalue weighted by Crippen LogP contribution is 2.59. The van der Waals surface area contributed by atoms with Crippen LogP contribution in [0.4, 0.5) is 13.6 Å². The molecule has 0 aliphatic heterocycles. The van der Waals surface area contributed by atoms with Crippen molar-refractivity contribution in [2.45, 2.75) is 44.0 Å². The first-order valence-corrected chi connectivity index (χ1v) is 14.0. The molecule has 1 atom stereocenters. The fourth-order valence-electron chi connectivity index (χ4n) is 3.80. The number of halogens is 2. The summed E-state index contributed by atoms with van der Waals surface area (Å²) in [6.45, 7) is 0.364. The lowest BCUT2D eigenvalue weighted by molar-refractivity contribution is -0.123. The van der Waals surface area contributed by atoms with Crippen LogP contribution in [0.15, 0.2) is 84.9 Å². The lowest BCUT2D eigenvalue weighted by Gasteiger charge is -2.20. The molecule has 0 unspecified atom stereocenters. The molecule has 4 N–H and O–H groups in total. The van der Waals surface area contributed by atoms with Gasteiger partial charge in [0.2, 0.25) is 5.91 Å². The summed E-state index contributed by atoms with van der Waals surface area (Å²) in [6.07, 6.45) is 1.52. The maximum Gasteiger partial charge on any atom is 0.408 e. The monoisotopic (exact) mass is 560 g/mol. The highest BCUT2D eigenvalue weighted by molar-refractivity contribution is 7.52. The van der Waals surface area contributed by atoms with Crippen molar-refractivity contribution in [1.29, 1.82) is 0 Å². The van der Waals surface area contributed by atoms with Crippen LogP contribution in [0.3, 0.4) is 0 Å². The Morgan fingerprint density at radius 2 is 1.44 bits per heavy atom. The zero-order valence-electron chi connectivity index (χ0n) is 21.1. The van der Waals surface area contributed by atoms with Gasteiger partial charge in [0.25, 0.3) is 0 Å². The largest absolute Gasteiger partial charge is 0.445 e. The first kappa shape index (κ1) is 30.0. The molecule has 0 saturated heterocycles. The van der Waals surface area contributed by atoms with E-state index >= 15 is 0 Å². The fourth-order valence-corrected chi connectivity index (χ4v) is 4.28. The second kappa shape index (κ2) is 14.0. The van der Waals surface area contributed by atoms with E-state index in [9.17, 15) is 22.9 Å². The van der Waals surface area contributed by atoms with E-state index in [1.165, 1.54) is 17.7 Å². The smallest absolute Gasteiger partial charge is 0.408 e. The first-order valence-electron chi connectivity index (χ1n) is 12.4. The maximum absolute atomic E-state index is 14.0. The third-order valence-corrected chi connectivity index (χ3v) is 6.95. The molecule has 0 saturated carbocycles. The van der Waals surface area contributed by atoms with Crippen LogP contribution in [-0.2, 0) is 39.2 Å². The number of alkyl halides is 2. The van der Waals surface area contributed by atoms with Gasteiger partial charge in [-0.15, -0.1) is 0 Å². The zero-order chi connectivity index (χ0) is 28.3. The lowest BCUT2D eigenvalue weighted by atomic mass is 10.0. The molecule has 3 aromatic rings. The number of carbonyl (C=O) groups excluding carboxylic acids is 2. The Kier molecular flexibility index (Phi) is 10.7. The van der Waals surface area contributed by atoms with E-state index in [1.807, 2.05) is 36.4 Å². The van der Waals surface area contributed by atoms with E-state index in [0.717, 1.165) is 30.5 Å². The molecule has 11 heteroatoms. The van der Waals surface area contributed by atoms with E-state index in [0.29, 0.717) is 18.5 Å². The summed E-state index contributed by atoms with van der Waals surface area (Å²) in [5.41, 5.74) is -2.85. The molecule has 3 aromatic carbocycles. The minimum absolute atomic E-state index is 0.00729. The van der Waals surface area contributed by atoms with Gasteiger partial charge in [-0.2, -0.15) is 8.78 Å². The van der Waals surface area contributed by atoms with Crippen molar-refractivity contribution in [2.24, 2.45) is 0 Å². The highest BCUT2D eigenvalue weighted by atomic mass is 31.2. The minimum atomic E-state index is -5.71. The van der Waals surface area contributed by atoms with Crippen LogP contribution < -0.4 is 10.6 Å². The molecule has 2 amide bonds. The fraction of sp³-hybridized carbons (Fsp3) is 0.286. The van der Waals surface area contributed by atoms with Gasteiger partial charge in [0, 0.05) is 18.5 Å². The van der Waals surface area contributed by atoms with Crippen LogP contribution in [-0.4, -0.2) is 34.4 Å². The first-order chi connectivity index (χ1) is 18.6. The molecule has 39 heavy (non-hydrogen) atoms. The minimum Gasteiger partial charge on any atom is -0.445 e. The zero-order valence-corrected chi connectivity index (χ0v) is 22.0. The van der Waals surface area contributed by atoms with Gasteiger partial charge in [0.05, 0.1) is 0 Å². The third-order valence-electron chi connectivity index (χ3n) is 5.96. The van der Waals surface area contributed by atoms with Gasteiger partial charge in [-0.3, -0.25) is 9.36 Å². The van der Waals surface area contributed by atoms with E-state index < -0.39 is 36.9 Å². The number of benzene rings is 3. The number of amides is 2. The molecular formula is C28H31F2N2O6P. The quantitative estimate of drug-likeness (QED) is 0.174. The normalized spacial score (nSPS) is 12.4. The number of aryl methyl sites for hydroxylation is 1. The summed E-state index contributed by atoms with van der Waals surface area (Å²) in [5, 5.41) is 5.32. The van der Waals surface area contributed by atoms with Crippen LogP contribution in [0, 0.1) is 0 Å². The van der Waals surface area contributed by atoms with Crippen molar-refractivity contribution < 1.29 is 37.5 Å². The summed E-state index contributed by atoms with van der Waals surface area (Å²) in [7, 11) is -5.71. The summed E-state index contributed by atoms with van der Waals surface area (Å²) >= 11 is 0. The Hall–Kier alpha value is -3.59. The number of alkyl carbamates (subject to hydrolysis) is 1. The lowest BCUT2D eigenvalue weighted by Crippen LogP contribution is -2.48. The van der Waals surface area contributed by atoms with Crippen molar-refractivity contribution in [3.05, 3.63) is 107 Å². The summed E-state index contributed by atoms with van der Waals surface area (Å²) in [6, 6.07) is 22.1. The average molecular weight is 561 g/mol.